The highest BCUT2D eigenvalue weighted by molar-refractivity contribution is 6.31. The molecule has 0 aliphatic heterocycles. The van der Waals surface area contributed by atoms with Crippen molar-refractivity contribution in [3.8, 4) is 5.75 Å². The Hall–Kier alpha value is -4.45. The summed E-state index contributed by atoms with van der Waals surface area (Å²) < 4.78 is 0. The number of aliphatic imine (C=N–C) groups is 1. The van der Waals surface area contributed by atoms with Crippen LogP contribution in [-0.4, -0.2) is 22.1 Å². The number of carbonyl (C=O) groups is 1. The van der Waals surface area contributed by atoms with Crippen molar-refractivity contribution in [3.63, 3.8) is 0 Å². The predicted octanol–water partition coefficient (Wildman–Crippen LogP) is 9.86. The largest absolute Gasteiger partial charge is 0.507 e. The van der Waals surface area contributed by atoms with E-state index in [9.17, 15) is 9.90 Å². The number of fused-ring (bicyclic) bond motifs is 1. The number of rotatable bonds is 8. The highest BCUT2D eigenvalue weighted by atomic mass is 35.5. The fourth-order valence-electron chi connectivity index (χ4n) is 4.66. The number of benzene rings is 4. The molecule has 4 aromatic carbocycles. The Morgan fingerprint density at radius 3 is 2.37 bits per heavy atom. The van der Waals surface area contributed by atoms with E-state index >= 15 is 0 Å². The van der Waals surface area contributed by atoms with Gasteiger partial charge in [-0.3, -0.25) is 14.8 Å². The van der Waals surface area contributed by atoms with Gasteiger partial charge in [0.1, 0.15) is 5.75 Å². The molecule has 0 unspecified atom stereocenters. The van der Waals surface area contributed by atoms with Gasteiger partial charge in [0.15, 0.2) is 5.78 Å². The molecule has 0 saturated carbocycles. The molecule has 2 N–H and O–H groups in total. The number of carbonyl (C=O) groups excluding carboxylic acids is 1. The molecule has 1 aromatic heterocycles. The Balaban J connectivity index is 1.35. The van der Waals surface area contributed by atoms with E-state index in [1.54, 1.807) is 36.7 Å². The number of hydrogen-bond donors (Lipinski definition) is 2. The van der Waals surface area contributed by atoms with E-state index < -0.39 is 0 Å². The van der Waals surface area contributed by atoms with Gasteiger partial charge in [-0.2, -0.15) is 0 Å². The first-order valence-corrected chi connectivity index (χ1v) is 14.6. The van der Waals surface area contributed by atoms with Gasteiger partial charge in [-0.1, -0.05) is 62.2 Å². The van der Waals surface area contributed by atoms with Crippen LogP contribution in [0.2, 0.25) is 10.0 Å². The number of aromatic hydroxyl groups is 1. The number of hydrogen-bond acceptors (Lipinski definition) is 5. The van der Waals surface area contributed by atoms with Gasteiger partial charge >= 0.3 is 0 Å². The number of nitrogens with zero attached hydrogens (tertiary/aromatic N) is 2. The van der Waals surface area contributed by atoms with Crippen molar-refractivity contribution in [2.24, 2.45) is 4.99 Å². The summed E-state index contributed by atoms with van der Waals surface area (Å²) in [7, 11) is 0. The first-order chi connectivity index (χ1) is 20.5. The highest BCUT2D eigenvalue weighted by Crippen LogP contribution is 2.35. The lowest BCUT2D eigenvalue weighted by Crippen LogP contribution is -2.12. The van der Waals surface area contributed by atoms with Crippen molar-refractivity contribution < 1.29 is 9.90 Å². The van der Waals surface area contributed by atoms with Crippen molar-refractivity contribution in [3.05, 3.63) is 130 Å². The van der Waals surface area contributed by atoms with Crippen molar-refractivity contribution in [2.75, 3.05) is 5.32 Å². The summed E-state index contributed by atoms with van der Waals surface area (Å²) in [6.07, 6.45) is 7.03. The van der Waals surface area contributed by atoms with Crippen LogP contribution >= 0.6 is 23.2 Å². The molecule has 0 amide bonds. The molecule has 0 bridgehead atoms. The maximum Gasteiger partial charge on any atom is 0.160 e. The summed E-state index contributed by atoms with van der Waals surface area (Å²) in [5, 5.41) is 16.8. The Morgan fingerprint density at radius 2 is 1.65 bits per heavy atom. The predicted molar refractivity (Wildman–Crippen MR) is 180 cm³/mol. The van der Waals surface area contributed by atoms with Crippen LogP contribution in [0.25, 0.3) is 17.0 Å². The van der Waals surface area contributed by atoms with Gasteiger partial charge < -0.3 is 10.4 Å². The number of ketones is 1. The third-order valence-electron chi connectivity index (χ3n) is 6.93. The zero-order valence-corrected chi connectivity index (χ0v) is 25.6. The summed E-state index contributed by atoms with van der Waals surface area (Å²) in [6, 6.07) is 26.2. The number of phenolic OH excluding ortho intramolecular Hbond substituents is 1. The van der Waals surface area contributed by atoms with Gasteiger partial charge in [-0.25, -0.2) is 0 Å². The van der Waals surface area contributed by atoms with Crippen LogP contribution in [0.1, 0.15) is 43.0 Å². The van der Waals surface area contributed by atoms with Gasteiger partial charge in [-0.15, -0.1) is 0 Å². The third-order valence-corrected chi connectivity index (χ3v) is 7.41. The second-order valence-electron chi connectivity index (χ2n) is 11.3. The normalized spacial score (nSPS) is 11.9. The number of aromatic nitrogens is 1. The topological polar surface area (TPSA) is 74.6 Å². The molecule has 5 rings (SSSR count). The summed E-state index contributed by atoms with van der Waals surface area (Å²) in [6.45, 7) is 6.11. The first-order valence-electron chi connectivity index (χ1n) is 13.8. The minimum atomic E-state index is -0.320. The molecular weight excluding hydrogens is 577 g/mol. The van der Waals surface area contributed by atoms with E-state index in [2.05, 4.69) is 15.3 Å². The van der Waals surface area contributed by atoms with E-state index in [-0.39, 0.29) is 23.4 Å². The summed E-state index contributed by atoms with van der Waals surface area (Å²) >= 11 is 12.1. The Labute approximate surface area is 261 Å². The molecule has 0 fully saturated rings. The van der Waals surface area contributed by atoms with Gasteiger partial charge in [0, 0.05) is 56.8 Å². The fraction of sp³-hybridized carbons (Fsp3) is 0.139. The smallest absolute Gasteiger partial charge is 0.160 e. The van der Waals surface area contributed by atoms with Gasteiger partial charge in [0.25, 0.3) is 0 Å². The second kappa shape index (κ2) is 12.8. The van der Waals surface area contributed by atoms with Crippen LogP contribution in [0.15, 0.2) is 102 Å². The van der Waals surface area contributed by atoms with E-state index in [0.717, 1.165) is 44.7 Å². The number of pyridine rings is 1. The van der Waals surface area contributed by atoms with Gasteiger partial charge in [-0.05, 0) is 95.4 Å². The zero-order valence-electron chi connectivity index (χ0n) is 24.1. The standard InChI is InChI=1S/C36H31Cl2N3O2/c1-36(2,3)32-20-24(6-14-30(42)19-23-4-7-26(37)8-5-23)18-25(35(32)43)22-40-28-10-12-29(13-11-28)41-33-16-17-39-34-21-27(38)9-15-31(33)34/h4-18,20-22,43H,19H2,1-3H3,(H,39,41)/b14-6+,40-22?. The van der Waals surface area contributed by atoms with Crippen molar-refractivity contribution in [2.45, 2.75) is 32.6 Å². The number of anilines is 2. The molecule has 43 heavy (non-hydrogen) atoms. The SMILES string of the molecule is CC(C)(C)c1cc(/C=C/C(=O)Cc2ccc(Cl)cc2)cc(C=Nc2ccc(Nc3ccnc4cc(Cl)ccc34)cc2)c1O. The van der Waals surface area contributed by atoms with Gasteiger partial charge in [0.2, 0.25) is 0 Å². The van der Waals surface area contributed by atoms with Crippen LogP contribution in [0.4, 0.5) is 17.1 Å². The molecule has 0 spiro atoms. The first kappa shape index (κ1) is 30.0. The highest BCUT2D eigenvalue weighted by Gasteiger charge is 2.20. The number of phenols is 1. The molecule has 7 heteroatoms. The average Bonchev–Trinajstić information content (AvgIpc) is 2.97. The number of allylic oxidation sites excluding steroid dienone is 1. The molecule has 0 aliphatic rings. The average molecular weight is 609 g/mol. The maximum absolute atomic E-state index is 12.6. The third kappa shape index (κ3) is 7.69. The molecule has 0 saturated heterocycles. The molecule has 5 nitrogen and oxygen atoms in total. The summed E-state index contributed by atoms with van der Waals surface area (Å²) in [5.41, 5.74) is 6.09. The van der Waals surface area contributed by atoms with E-state index in [1.165, 1.54) is 0 Å². The number of nitrogens with one attached hydrogen (secondary N) is 1. The monoisotopic (exact) mass is 607 g/mol. The minimum Gasteiger partial charge on any atom is -0.507 e. The maximum atomic E-state index is 12.6. The van der Waals surface area contributed by atoms with Crippen LogP contribution in [0.5, 0.6) is 5.75 Å². The second-order valence-corrected chi connectivity index (χ2v) is 12.2. The Bertz CT molecular complexity index is 1840. The van der Waals surface area contributed by atoms with Gasteiger partial charge in [0.05, 0.1) is 11.2 Å². The quantitative estimate of drug-likeness (QED) is 0.136. The van der Waals surface area contributed by atoms with Crippen molar-refractivity contribution in [1.29, 1.82) is 0 Å². The van der Waals surface area contributed by atoms with E-state index in [0.29, 0.717) is 15.6 Å². The summed E-state index contributed by atoms with van der Waals surface area (Å²) in [5.74, 6) is 0.143. The minimum absolute atomic E-state index is 0.0276. The Kier molecular flexibility index (Phi) is 8.95. The van der Waals surface area contributed by atoms with E-state index in [1.807, 2.05) is 93.6 Å². The van der Waals surface area contributed by atoms with Crippen LogP contribution in [0.3, 0.4) is 0 Å². The molecule has 0 atom stereocenters. The molecule has 0 aliphatic carbocycles. The van der Waals surface area contributed by atoms with Crippen LogP contribution < -0.4 is 5.32 Å². The lowest BCUT2D eigenvalue weighted by Gasteiger charge is -2.22. The van der Waals surface area contributed by atoms with E-state index in [4.69, 9.17) is 23.2 Å². The Morgan fingerprint density at radius 1 is 0.930 bits per heavy atom. The van der Waals surface area contributed by atoms with Crippen LogP contribution in [-0.2, 0) is 16.6 Å². The lowest BCUT2D eigenvalue weighted by molar-refractivity contribution is -0.113. The molecule has 1 heterocycles. The fourth-order valence-corrected chi connectivity index (χ4v) is 4.95. The summed E-state index contributed by atoms with van der Waals surface area (Å²) in [4.78, 5) is 21.7. The zero-order chi connectivity index (χ0) is 30.6. The lowest BCUT2D eigenvalue weighted by atomic mass is 9.84. The van der Waals surface area contributed by atoms with Crippen molar-refractivity contribution >= 4 is 69.2 Å². The molecule has 5 aromatic rings. The van der Waals surface area contributed by atoms with Crippen LogP contribution in [0, 0.1) is 0 Å². The molecular formula is C36H31Cl2N3O2. The number of halogens is 2. The molecule has 216 valence electrons. The molecule has 0 radical (unpaired) electrons. The van der Waals surface area contributed by atoms with Crippen molar-refractivity contribution in [1.82, 2.24) is 4.98 Å².